The van der Waals surface area contributed by atoms with Crippen LogP contribution in [0.5, 0.6) is 0 Å². The van der Waals surface area contributed by atoms with Crippen LogP contribution in [-0.2, 0) is 33.2 Å². The summed E-state index contributed by atoms with van der Waals surface area (Å²) in [6, 6.07) is 0. The summed E-state index contributed by atoms with van der Waals surface area (Å²) < 4.78 is 38.3. The van der Waals surface area contributed by atoms with Crippen LogP contribution in [0.25, 0.3) is 0 Å². The summed E-state index contributed by atoms with van der Waals surface area (Å²) in [5.74, 6) is 0. The van der Waals surface area contributed by atoms with Crippen LogP contribution in [-0.4, -0.2) is 176 Å². The molecule has 4 aliphatic heterocycles. The molecule has 0 saturated carbocycles. The first-order valence-electron chi connectivity index (χ1n) is 11.7. The summed E-state index contributed by atoms with van der Waals surface area (Å²) in [7, 11) is 0. The largest absolute Gasteiger partial charge is 0.394 e. The van der Waals surface area contributed by atoms with E-state index in [2.05, 4.69) is 0 Å². The Balaban J connectivity index is 1.49. The number of hydrogen-bond acceptors (Lipinski definition) is 17. The van der Waals surface area contributed by atoms with Crippen LogP contribution in [0.15, 0.2) is 0 Å². The van der Waals surface area contributed by atoms with E-state index < -0.39 is 125 Å². The van der Waals surface area contributed by atoms with Crippen LogP contribution >= 0.6 is 0 Å². The fourth-order valence-corrected chi connectivity index (χ4v) is 4.69. The highest BCUT2D eigenvalue weighted by atomic mass is 16.8. The van der Waals surface area contributed by atoms with Crippen molar-refractivity contribution in [1.82, 2.24) is 0 Å². The highest BCUT2D eigenvalue weighted by molar-refractivity contribution is 4.96. The van der Waals surface area contributed by atoms with Gasteiger partial charge >= 0.3 is 0 Å². The lowest BCUT2D eigenvalue weighted by atomic mass is 10.1. The van der Waals surface area contributed by atoms with Gasteiger partial charge in [0.1, 0.15) is 73.2 Å². The molecule has 0 radical (unpaired) electrons. The van der Waals surface area contributed by atoms with Crippen LogP contribution in [0, 0.1) is 0 Å². The van der Waals surface area contributed by atoms with Crippen molar-refractivity contribution in [2.45, 2.75) is 98.4 Å². The second-order valence-corrected chi connectivity index (χ2v) is 9.18. The molecular weight excluding hydrogens is 512 g/mol. The van der Waals surface area contributed by atoms with Gasteiger partial charge in [-0.3, -0.25) is 0 Å². The Labute approximate surface area is 209 Å². The molecule has 37 heavy (non-hydrogen) atoms. The Bertz CT molecular complexity index is 731. The number of rotatable bonds is 10. The normalized spacial score (nSPS) is 52.4. The van der Waals surface area contributed by atoms with E-state index in [-0.39, 0.29) is 0 Å². The molecule has 0 spiro atoms. The molecule has 0 bridgehead atoms. The van der Waals surface area contributed by atoms with Gasteiger partial charge in [-0.2, -0.15) is 0 Å². The second kappa shape index (κ2) is 12.2. The molecule has 4 saturated heterocycles. The van der Waals surface area contributed by atoms with Gasteiger partial charge in [0.15, 0.2) is 25.2 Å². The predicted octanol–water partition coefficient (Wildman–Crippen LogP) is -7.19. The third kappa shape index (κ3) is 5.65. The number of hydrogen-bond donors (Lipinski definition) is 10. The lowest BCUT2D eigenvalue weighted by Gasteiger charge is -2.31. The van der Waals surface area contributed by atoms with Crippen molar-refractivity contribution in [1.29, 1.82) is 0 Å². The van der Waals surface area contributed by atoms with E-state index >= 15 is 0 Å². The fraction of sp³-hybridized carbons (Fsp3) is 1.00. The molecule has 0 amide bonds. The van der Waals surface area contributed by atoms with Crippen molar-refractivity contribution in [2.24, 2.45) is 0 Å². The standard InChI is InChI=1S/C20H34O17/c21-1-5-9(25)12(28)18(32-5)35-14-8(4-24)31-17(30)16(14)37-20-15(11(27)7(3-23)34-20)36-19-13(29)10(26)6(2-22)33-19/h5-30H,1-4H2/t5-,6-,7-,8-,9-,10-,11-,12+,13+,14-,15+,16+,17-,18-,19+,20+/m0/s1. The maximum absolute atomic E-state index is 10.6. The van der Waals surface area contributed by atoms with Crippen LogP contribution < -0.4 is 0 Å². The van der Waals surface area contributed by atoms with Crippen molar-refractivity contribution in [2.75, 3.05) is 26.4 Å². The quantitative estimate of drug-likeness (QED) is 0.122. The smallest absolute Gasteiger partial charge is 0.187 e. The summed E-state index contributed by atoms with van der Waals surface area (Å²) >= 11 is 0. The van der Waals surface area contributed by atoms with E-state index in [0.29, 0.717) is 0 Å². The van der Waals surface area contributed by atoms with Crippen LogP contribution in [0.3, 0.4) is 0 Å². The maximum Gasteiger partial charge on any atom is 0.187 e. The maximum atomic E-state index is 10.6. The van der Waals surface area contributed by atoms with Gasteiger partial charge in [-0.25, -0.2) is 0 Å². The van der Waals surface area contributed by atoms with Gasteiger partial charge < -0.3 is 84.2 Å². The minimum absolute atomic E-state index is 0.623. The van der Waals surface area contributed by atoms with Crippen molar-refractivity contribution < 1.29 is 84.2 Å². The van der Waals surface area contributed by atoms with E-state index in [1.54, 1.807) is 0 Å². The van der Waals surface area contributed by atoms with Crippen LogP contribution in [0.1, 0.15) is 0 Å². The molecule has 4 aliphatic rings. The zero-order chi connectivity index (χ0) is 27.0. The summed E-state index contributed by atoms with van der Waals surface area (Å²) in [5.41, 5.74) is 0. The Morgan fingerprint density at radius 2 is 0.811 bits per heavy atom. The minimum atomic E-state index is -1.73. The predicted molar refractivity (Wildman–Crippen MR) is 110 cm³/mol. The van der Waals surface area contributed by atoms with Crippen molar-refractivity contribution in [3.8, 4) is 0 Å². The molecule has 0 aromatic carbocycles. The summed E-state index contributed by atoms with van der Waals surface area (Å²) in [5, 5.41) is 99.2. The first-order chi connectivity index (χ1) is 17.6. The monoisotopic (exact) mass is 546 g/mol. The number of aliphatic hydroxyl groups is 10. The van der Waals surface area contributed by atoms with E-state index in [1.165, 1.54) is 0 Å². The Kier molecular flexibility index (Phi) is 9.69. The van der Waals surface area contributed by atoms with Crippen molar-refractivity contribution >= 4 is 0 Å². The molecule has 0 aromatic rings. The zero-order valence-corrected chi connectivity index (χ0v) is 19.4. The highest BCUT2D eigenvalue weighted by Crippen LogP contribution is 2.35. The Morgan fingerprint density at radius 3 is 1.27 bits per heavy atom. The molecule has 17 heteroatoms. The first-order valence-corrected chi connectivity index (χ1v) is 11.7. The highest BCUT2D eigenvalue weighted by Gasteiger charge is 2.56. The third-order valence-corrected chi connectivity index (χ3v) is 6.81. The third-order valence-electron chi connectivity index (χ3n) is 6.81. The van der Waals surface area contributed by atoms with E-state index in [0.717, 1.165) is 0 Å². The number of aliphatic hydroxyl groups excluding tert-OH is 10. The average molecular weight is 546 g/mol. The summed E-state index contributed by atoms with van der Waals surface area (Å²) in [6.07, 6.45) is -23.1. The number of ether oxygens (including phenoxy) is 7. The lowest BCUT2D eigenvalue weighted by molar-refractivity contribution is -0.282. The first kappa shape index (κ1) is 29.3. The van der Waals surface area contributed by atoms with Crippen LogP contribution in [0.2, 0.25) is 0 Å². The molecule has 0 aromatic heterocycles. The SMILES string of the molecule is OC[C@@H]1O[C@@H](O[C@@H]2[C@@H](O[C@H]3O[C@@H](CO)[C@H](O)[C@H]3O[C@H]3O[C@@H](CO)[C@H](O)[C@H]3O)[C@@H](O)O[C@H]2CO)[C@H](O)[C@H]1O. The fourth-order valence-electron chi connectivity index (χ4n) is 4.69. The molecule has 16 atom stereocenters. The van der Waals surface area contributed by atoms with Crippen molar-refractivity contribution in [3.05, 3.63) is 0 Å². The molecule has 0 aliphatic carbocycles. The zero-order valence-electron chi connectivity index (χ0n) is 19.4. The van der Waals surface area contributed by atoms with Gasteiger partial charge in [0.2, 0.25) is 0 Å². The van der Waals surface area contributed by atoms with E-state index in [1.807, 2.05) is 0 Å². The topological polar surface area (TPSA) is 267 Å². The van der Waals surface area contributed by atoms with Gasteiger partial charge in [-0.15, -0.1) is 0 Å². The second-order valence-electron chi connectivity index (χ2n) is 9.18. The van der Waals surface area contributed by atoms with Gasteiger partial charge in [0.25, 0.3) is 0 Å². The minimum Gasteiger partial charge on any atom is -0.394 e. The molecule has 17 nitrogen and oxygen atoms in total. The van der Waals surface area contributed by atoms with E-state index in [4.69, 9.17) is 33.2 Å². The van der Waals surface area contributed by atoms with Gasteiger partial charge in [-0.05, 0) is 0 Å². The van der Waals surface area contributed by atoms with Gasteiger partial charge in [0, 0.05) is 0 Å². The molecule has 4 fully saturated rings. The van der Waals surface area contributed by atoms with Crippen LogP contribution in [0.4, 0.5) is 0 Å². The summed E-state index contributed by atoms with van der Waals surface area (Å²) in [6.45, 7) is -2.61. The molecular formula is C20H34O17. The Hall–Kier alpha value is -0.680. The Morgan fingerprint density at radius 1 is 0.405 bits per heavy atom. The molecule has 4 rings (SSSR count). The van der Waals surface area contributed by atoms with E-state index in [9.17, 15) is 51.1 Å². The van der Waals surface area contributed by atoms with Gasteiger partial charge in [0.05, 0.1) is 26.4 Å². The molecule has 216 valence electrons. The van der Waals surface area contributed by atoms with Gasteiger partial charge in [-0.1, -0.05) is 0 Å². The molecule has 0 unspecified atom stereocenters. The summed E-state index contributed by atoms with van der Waals surface area (Å²) in [4.78, 5) is 0. The molecule has 10 N–H and O–H groups in total. The molecule has 4 heterocycles. The lowest BCUT2D eigenvalue weighted by Crippen LogP contribution is -2.48. The average Bonchev–Trinajstić information content (AvgIpc) is 3.55. The van der Waals surface area contributed by atoms with Crippen molar-refractivity contribution in [3.63, 3.8) is 0 Å².